The number of carbonyl (C=O) groups is 1. The lowest BCUT2D eigenvalue weighted by Crippen LogP contribution is -2.28. The highest BCUT2D eigenvalue weighted by Gasteiger charge is 2.25. The van der Waals surface area contributed by atoms with Gasteiger partial charge in [0, 0.05) is 17.7 Å². The van der Waals surface area contributed by atoms with Crippen LogP contribution in [0.3, 0.4) is 0 Å². The van der Waals surface area contributed by atoms with Crippen LogP contribution < -0.4 is 15.4 Å². The Morgan fingerprint density at radius 2 is 1.96 bits per heavy atom. The lowest BCUT2D eigenvalue weighted by molar-refractivity contribution is -0.384. The second kappa shape index (κ2) is 7.65. The van der Waals surface area contributed by atoms with Gasteiger partial charge in [-0.2, -0.15) is 0 Å². The van der Waals surface area contributed by atoms with Gasteiger partial charge in [-0.25, -0.2) is 0 Å². The molecule has 0 saturated heterocycles. The highest BCUT2D eigenvalue weighted by Crippen LogP contribution is 2.31. The van der Waals surface area contributed by atoms with Gasteiger partial charge in [0.15, 0.2) is 0 Å². The number of nitrogens with zero attached hydrogens (tertiary/aromatic N) is 1. The third-order valence-corrected chi connectivity index (χ3v) is 3.79. The summed E-state index contributed by atoms with van der Waals surface area (Å²) in [7, 11) is 0. The predicted octanol–water partition coefficient (Wildman–Crippen LogP) is 2.98. The minimum atomic E-state index is -0.472. The van der Waals surface area contributed by atoms with Crippen LogP contribution in [0.25, 0.3) is 0 Å². The molecule has 25 heavy (non-hydrogen) atoms. The van der Waals surface area contributed by atoms with Crippen LogP contribution in [0.1, 0.15) is 23.2 Å². The number of para-hydroxylation sites is 1. The zero-order chi connectivity index (χ0) is 17.6. The first-order chi connectivity index (χ1) is 12.1. The van der Waals surface area contributed by atoms with Crippen LogP contribution in [0.15, 0.2) is 48.5 Å². The van der Waals surface area contributed by atoms with E-state index in [0.717, 1.165) is 18.6 Å². The Kier molecular flexibility index (Phi) is 5.13. The smallest absolute Gasteiger partial charge is 0.293 e. The van der Waals surface area contributed by atoms with Crippen LogP contribution in [0.4, 0.5) is 11.4 Å². The van der Waals surface area contributed by atoms with Gasteiger partial charge in [0.2, 0.25) is 0 Å². The van der Waals surface area contributed by atoms with Crippen LogP contribution >= 0.6 is 0 Å². The monoisotopic (exact) mass is 341 g/mol. The van der Waals surface area contributed by atoms with E-state index in [4.69, 9.17) is 4.74 Å². The van der Waals surface area contributed by atoms with Gasteiger partial charge in [-0.3, -0.25) is 14.9 Å². The van der Waals surface area contributed by atoms with Crippen molar-refractivity contribution in [1.29, 1.82) is 0 Å². The topological polar surface area (TPSA) is 93.5 Å². The molecule has 1 fully saturated rings. The summed E-state index contributed by atoms with van der Waals surface area (Å²) in [5, 5.41) is 17.0. The molecule has 0 heterocycles. The van der Waals surface area contributed by atoms with Crippen molar-refractivity contribution in [2.45, 2.75) is 18.9 Å². The van der Waals surface area contributed by atoms with E-state index in [1.807, 2.05) is 30.3 Å². The zero-order valence-corrected chi connectivity index (χ0v) is 13.6. The summed E-state index contributed by atoms with van der Waals surface area (Å²) in [5.41, 5.74) is 0.629. The molecule has 7 heteroatoms. The third kappa shape index (κ3) is 4.69. The van der Waals surface area contributed by atoms with Gasteiger partial charge >= 0.3 is 0 Å². The molecule has 7 nitrogen and oxygen atoms in total. The lowest BCUT2D eigenvalue weighted by Gasteiger charge is -2.09. The predicted molar refractivity (Wildman–Crippen MR) is 94.0 cm³/mol. The third-order valence-electron chi connectivity index (χ3n) is 3.79. The highest BCUT2D eigenvalue weighted by molar-refractivity contribution is 5.95. The summed E-state index contributed by atoms with van der Waals surface area (Å²) in [6, 6.07) is 14.1. The van der Waals surface area contributed by atoms with Gasteiger partial charge in [-0.05, 0) is 37.1 Å². The molecule has 0 unspecified atom stereocenters. The van der Waals surface area contributed by atoms with E-state index in [-0.39, 0.29) is 17.2 Å². The summed E-state index contributed by atoms with van der Waals surface area (Å²) in [4.78, 5) is 22.9. The molecular weight excluding hydrogens is 322 g/mol. The number of hydrogen-bond donors (Lipinski definition) is 2. The van der Waals surface area contributed by atoms with Gasteiger partial charge in [0.1, 0.15) is 18.0 Å². The van der Waals surface area contributed by atoms with E-state index in [2.05, 4.69) is 10.6 Å². The number of anilines is 1. The molecule has 0 aliphatic heterocycles. The molecule has 0 aromatic heterocycles. The molecule has 1 aliphatic rings. The van der Waals surface area contributed by atoms with Crippen molar-refractivity contribution in [2.75, 3.05) is 18.5 Å². The second-order valence-electron chi connectivity index (χ2n) is 5.83. The average Bonchev–Trinajstić information content (AvgIpc) is 3.43. The molecule has 2 aromatic carbocycles. The Bertz CT molecular complexity index is 760. The summed E-state index contributed by atoms with van der Waals surface area (Å²) in [6.45, 7) is 0.628. The molecule has 0 atom stereocenters. The molecule has 1 aliphatic carbocycles. The fraction of sp³-hybridized carbons (Fsp3) is 0.278. The largest absolute Gasteiger partial charge is 0.492 e. The van der Waals surface area contributed by atoms with E-state index < -0.39 is 4.92 Å². The van der Waals surface area contributed by atoms with Gasteiger partial charge in [-0.1, -0.05) is 18.2 Å². The van der Waals surface area contributed by atoms with Crippen molar-refractivity contribution < 1.29 is 14.5 Å². The van der Waals surface area contributed by atoms with E-state index in [9.17, 15) is 14.9 Å². The SMILES string of the molecule is O=C(NCCOc1ccccc1)c1ccc(NC2CC2)c([N+](=O)[O-])c1. The highest BCUT2D eigenvalue weighted by atomic mass is 16.6. The Morgan fingerprint density at radius 3 is 2.64 bits per heavy atom. The minimum Gasteiger partial charge on any atom is -0.492 e. The van der Waals surface area contributed by atoms with Crippen molar-refractivity contribution in [3.8, 4) is 5.75 Å². The molecular formula is C18H19N3O4. The van der Waals surface area contributed by atoms with Gasteiger partial charge < -0.3 is 15.4 Å². The minimum absolute atomic E-state index is 0.0833. The molecule has 0 bridgehead atoms. The fourth-order valence-corrected chi connectivity index (χ4v) is 2.35. The van der Waals surface area contributed by atoms with Crippen LogP contribution in [0, 0.1) is 10.1 Å². The number of rotatable bonds is 8. The van der Waals surface area contributed by atoms with E-state index in [1.54, 1.807) is 12.1 Å². The average molecular weight is 341 g/mol. The van der Waals surface area contributed by atoms with Crippen molar-refractivity contribution in [1.82, 2.24) is 5.32 Å². The van der Waals surface area contributed by atoms with E-state index in [1.165, 1.54) is 6.07 Å². The number of nitro benzene ring substituents is 1. The van der Waals surface area contributed by atoms with Gasteiger partial charge in [0.25, 0.3) is 11.6 Å². The molecule has 130 valence electrons. The normalized spacial score (nSPS) is 13.1. The van der Waals surface area contributed by atoms with E-state index >= 15 is 0 Å². The molecule has 0 radical (unpaired) electrons. The first kappa shape index (κ1) is 16.8. The van der Waals surface area contributed by atoms with Crippen molar-refractivity contribution in [3.63, 3.8) is 0 Å². The van der Waals surface area contributed by atoms with Crippen LogP contribution in [0.5, 0.6) is 5.75 Å². The number of hydrogen-bond acceptors (Lipinski definition) is 5. The molecule has 2 aromatic rings. The summed E-state index contributed by atoms with van der Waals surface area (Å²) >= 11 is 0. The first-order valence-electron chi connectivity index (χ1n) is 8.14. The van der Waals surface area contributed by atoms with Crippen LogP contribution in [-0.4, -0.2) is 30.0 Å². The number of carbonyl (C=O) groups excluding carboxylic acids is 1. The van der Waals surface area contributed by atoms with E-state index in [0.29, 0.717) is 24.9 Å². The standard InChI is InChI=1S/C18H19N3O4/c22-18(19-10-11-25-15-4-2-1-3-5-15)13-6-9-16(20-14-7-8-14)17(12-13)21(23)24/h1-6,9,12,14,20H,7-8,10-11H2,(H,19,22). The summed E-state index contributed by atoms with van der Waals surface area (Å²) in [6.07, 6.45) is 2.03. The number of amides is 1. The van der Waals surface area contributed by atoms with Crippen LogP contribution in [-0.2, 0) is 0 Å². The second-order valence-corrected chi connectivity index (χ2v) is 5.83. The maximum atomic E-state index is 12.2. The molecule has 3 rings (SSSR count). The molecule has 2 N–H and O–H groups in total. The zero-order valence-electron chi connectivity index (χ0n) is 13.6. The maximum absolute atomic E-state index is 12.2. The summed E-state index contributed by atoms with van der Waals surface area (Å²) in [5.74, 6) is 0.362. The molecule has 1 amide bonds. The molecule has 1 saturated carbocycles. The number of nitro groups is 1. The summed E-state index contributed by atoms with van der Waals surface area (Å²) < 4.78 is 5.49. The molecule has 0 spiro atoms. The van der Waals surface area contributed by atoms with Crippen molar-refractivity contribution in [2.24, 2.45) is 0 Å². The van der Waals surface area contributed by atoms with Crippen molar-refractivity contribution >= 4 is 17.3 Å². The van der Waals surface area contributed by atoms with Gasteiger partial charge in [-0.15, -0.1) is 0 Å². The quantitative estimate of drug-likeness (QED) is 0.437. The Hall–Kier alpha value is -3.09. The van der Waals surface area contributed by atoms with Crippen molar-refractivity contribution in [3.05, 3.63) is 64.2 Å². The maximum Gasteiger partial charge on any atom is 0.293 e. The fourth-order valence-electron chi connectivity index (χ4n) is 2.35. The number of benzene rings is 2. The Balaban J connectivity index is 1.55. The van der Waals surface area contributed by atoms with Gasteiger partial charge in [0.05, 0.1) is 11.5 Å². The Labute approximate surface area is 145 Å². The number of ether oxygens (including phenoxy) is 1. The lowest BCUT2D eigenvalue weighted by atomic mass is 10.1. The Morgan fingerprint density at radius 1 is 1.20 bits per heavy atom. The van der Waals surface area contributed by atoms with Crippen LogP contribution in [0.2, 0.25) is 0 Å². The number of nitrogens with one attached hydrogen (secondary N) is 2. The first-order valence-corrected chi connectivity index (χ1v) is 8.14.